The molecule has 0 saturated heterocycles. The van der Waals surface area contributed by atoms with Gasteiger partial charge in [-0.15, -0.1) is 0 Å². The zero-order chi connectivity index (χ0) is 16.0. The van der Waals surface area contributed by atoms with Gasteiger partial charge in [0.25, 0.3) is 0 Å². The molecule has 0 aromatic heterocycles. The summed E-state index contributed by atoms with van der Waals surface area (Å²) in [5.74, 6) is -1.67. The van der Waals surface area contributed by atoms with Crippen molar-refractivity contribution >= 4 is 11.8 Å². The lowest BCUT2D eigenvalue weighted by Crippen LogP contribution is -2.51. The second-order valence-electron chi connectivity index (χ2n) is 5.94. The zero-order valence-corrected chi connectivity index (χ0v) is 12.8. The number of amides is 2. The largest absolute Gasteiger partial charge is 0.350 e. The van der Waals surface area contributed by atoms with Crippen LogP contribution < -0.4 is 10.6 Å². The molecule has 0 heterocycles. The maximum Gasteiger partial charge on any atom is 0.242 e. The van der Waals surface area contributed by atoms with Gasteiger partial charge in [0.15, 0.2) is 0 Å². The summed E-state index contributed by atoms with van der Waals surface area (Å²) in [6, 6.07) is 10.0. The van der Waals surface area contributed by atoms with Gasteiger partial charge in [-0.1, -0.05) is 30.3 Å². The fraction of sp³-hybridized carbons (Fsp3) is 0.438. The lowest BCUT2D eigenvalue weighted by molar-refractivity contribution is -0.129. The van der Waals surface area contributed by atoms with Crippen LogP contribution in [0.5, 0.6) is 0 Å². The number of nitriles is 1. The van der Waals surface area contributed by atoms with E-state index in [1.165, 1.54) is 0 Å². The first-order chi connectivity index (χ1) is 9.74. The first-order valence-corrected chi connectivity index (χ1v) is 6.81. The second kappa shape index (κ2) is 6.89. The molecule has 2 amide bonds. The fourth-order valence-electron chi connectivity index (χ4n) is 1.77. The topological polar surface area (TPSA) is 82.0 Å². The van der Waals surface area contributed by atoms with E-state index in [0.717, 1.165) is 0 Å². The van der Waals surface area contributed by atoms with E-state index in [1.807, 2.05) is 32.9 Å². The van der Waals surface area contributed by atoms with Crippen LogP contribution in [0.3, 0.4) is 0 Å². The molecule has 0 fully saturated rings. The monoisotopic (exact) mass is 287 g/mol. The molecule has 2 unspecified atom stereocenters. The SMILES string of the molecule is CC(NC(=O)C(C#N)c1ccccc1)C(=O)NC(C)(C)C. The lowest BCUT2D eigenvalue weighted by atomic mass is 9.99. The van der Waals surface area contributed by atoms with E-state index in [-0.39, 0.29) is 11.4 Å². The minimum atomic E-state index is -0.920. The van der Waals surface area contributed by atoms with Crippen molar-refractivity contribution in [2.45, 2.75) is 45.2 Å². The standard InChI is InChI=1S/C16H21N3O2/c1-11(14(20)19-16(2,3)4)18-15(21)13(10-17)12-8-6-5-7-9-12/h5-9,11,13H,1-4H3,(H,18,21)(H,19,20). The molecule has 0 aliphatic rings. The Morgan fingerprint density at radius 3 is 2.19 bits per heavy atom. The summed E-state index contributed by atoms with van der Waals surface area (Å²) in [5.41, 5.74) is 0.241. The average molecular weight is 287 g/mol. The first kappa shape index (κ1) is 16.7. The van der Waals surface area contributed by atoms with E-state index in [0.29, 0.717) is 5.56 Å². The minimum absolute atomic E-state index is 0.277. The van der Waals surface area contributed by atoms with Gasteiger partial charge < -0.3 is 10.6 Å². The molecule has 1 aromatic carbocycles. The van der Waals surface area contributed by atoms with Crippen molar-refractivity contribution in [3.05, 3.63) is 35.9 Å². The molecule has 1 aromatic rings. The molecule has 0 spiro atoms. The molecule has 0 radical (unpaired) electrons. The van der Waals surface area contributed by atoms with Crippen molar-refractivity contribution in [2.24, 2.45) is 0 Å². The Morgan fingerprint density at radius 1 is 1.14 bits per heavy atom. The van der Waals surface area contributed by atoms with E-state index >= 15 is 0 Å². The molecule has 21 heavy (non-hydrogen) atoms. The molecule has 112 valence electrons. The van der Waals surface area contributed by atoms with Gasteiger partial charge in [-0.05, 0) is 33.3 Å². The number of benzene rings is 1. The van der Waals surface area contributed by atoms with Crippen LogP contribution in [0.1, 0.15) is 39.2 Å². The Bertz CT molecular complexity index is 541. The smallest absolute Gasteiger partial charge is 0.242 e. The highest BCUT2D eigenvalue weighted by atomic mass is 16.2. The van der Waals surface area contributed by atoms with E-state index < -0.39 is 17.9 Å². The third-order valence-corrected chi connectivity index (χ3v) is 2.77. The van der Waals surface area contributed by atoms with Gasteiger partial charge in [-0.25, -0.2) is 0 Å². The molecule has 5 nitrogen and oxygen atoms in total. The highest BCUT2D eigenvalue weighted by molar-refractivity contribution is 5.92. The van der Waals surface area contributed by atoms with Crippen molar-refractivity contribution in [1.82, 2.24) is 10.6 Å². The van der Waals surface area contributed by atoms with Gasteiger partial charge in [-0.2, -0.15) is 5.26 Å². The maximum absolute atomic E-state index is 12.1. The predicted molar refractivity (Wildman–Crippen MR) is 80.3 cm³/mol. The Labute approximate surface area is 125 Å². The number of hydrogen-bond acceptors (Lipinski definition) is 3. The van der Waals surface area contributed by atoms with E-state index in [4.69, 9.17) is 0 Å². The van der Waals surface area contributed by atoms with Gasteiger partial charge in [-0.3, -0.25) is 9.59 Å². The van der Waals surface area contributed by atoms with Crippen LogP contribution >= 0.6 is 0 Å². The predicted octanol–water partition coefficient (Wildman–Crippen LogP) is 1.71. The summed E-state index contributed by atoms with van der Waals surface area (Å²) in [7, 11) is 0. The lowest BCUT2D eigenvalue weighted by Gasteiger charge is -2.24. The number of carbonyl (C=O) groups excluding carboxylic acids is 2. The molecular weight excluding hydrogens is 266 g/mol. The highest BCUT2D eigenvalue weighted by Crippen LogP contribution is 2.14. The van der Waals surface area contributed by atoms with Crippen LogP contribution in [0, 0.1) is 11.3 Å². The molecule has 1 rings (SSSR count). The van der Waals surface area contributed by atoms with Crippen LogP contribution in [0.25, 0.3) is 0 Å². The number of hydrogen-bond donors (Lipinski definition) is 2. The van der Waals surface area contributed by atoms with Gasteiger partial charge in [0.05, 0.1) is 6.07 Å². The van der Waals surface area contributed by atoms with Crippen LogP contribution in [0.15, 0.2) is 30.3 Å². The van der Waals surface area contributed by atoms with E-state index in [1.54, 1.807) is 31.2 Å². The zero-order valence-electron chi connectivity index (χ0n) is 12.8. The van der Waals surface area contributed by atoms with Gasteiger partial charge in [0.1, 0.15) is 12.0 Å². The van der Waals surface area contributed by atoms with Crippen molar-refractivity contribution in [3.8, 4) is 6.07 Å². The van der Waals surface area contributed by atoms with Crippen molar-refractivity contribution in [3.63, 3.8) is 0 Å². The molecule has 5 heteroatoms. The number of rotatable bonds is 4. The first-order valence-electron chi connectivity index (χ1n) is 6.81. The Kier molecular flexibility index (Phi) is 5.48. The molecule has 2 atom stereocenters. The molecular formula is C16H21N3O2. The Morgan fingerprint density at radius 2 is 1.71 bits per heavy atom. The van der Waals surface area contributed by atoms with Gasteiger partial charge in [0.2, 0.25) is 11.8 Å². The number of carbonyl (C=O) groups is 2. The third-order valence-electron chi connectivity index (χ3n) is 2.77. The maximum atomic E-state index is 12.1. The summed E-state index contributed by atoms with van der Waals surface area (Å²) in [5, 5.41) is 14.5. The van der Waals surface area contributed by atoms with Crippen LogP contribution in [-0.2, 0) is 9.59 Å². The molecule has 0 aliphatic heterocycles. The average Bonchev–Trinajstić information content (AvgIpc) is 2.38. The highest BCUT2D eigenvalue weighted by Gasteiger charge is 2.25. The summed E-state index contributed by atoms with van der Waals surface area (Å²) < 4.78 is 0. The second-order valence-corrected chi connectivity index (χ2v) is 5.94. The van der Waals surface area contributed by atoms with Crippen LogP contribution in [-0.4, -0.2) is 23.4 Å². The summed E-state index contributed by atoms with van der Waals surface area (Å²) in [4.78, 5) is 24.1. The normalized spacial score (nSPS) is 13.7. The minimum Gasteiger partial charge on any atom is -0.350 e. The van der Waals surface area contributed by atoms with Gasteiger partial charge in [0, 0.05) is 5.54 Å². The number of nitrogens with one attached hydrogen (secondary N) is 2. The molecule has 0 aliphatic carbocycles. The van der Waals surface area contributed by atoms with Crippen molar-refractivity contribution in [2.75, 3.05) is 0 Å². The summed E-state index contributed by atoms with van der Waals surface area (Å²) in [6.07, 6.45) is 0. The van der Waals surface area contributed by atoms with Crippen molar-refractivity contribution in [1.29, 1.82) is 5.26 Å². The van der Waals surface area contributed by atoms with Crippen LogP contribution in [0.2, 0.25) is 0 Å². The Balaban J connectivity index is 2.72. The fourth-order valence-corrected chi connectivity index (χ4v) is 1.77. The number of nitrogens with zero attached hydrogens (tertiary/aromatic N) is 1. The van der Waals surface area contributed by atoms with Crippen molar-refractivity contribution < 1.29 is 9.59 Å². The van der Waals surface area contributed by atoms with E-state index in [9.17, 15) is 14.9 Å². The molecule has 0 bridgehead atoms. The van der Waals surface area contributed by atoms with Gasteiger partial charge >= 0.3 is 0 Å². The molecule has 2 N–H and O–H groups in total. The summed E-state index contributed by atoms with van der Waals surface area (Å²) in [6.45, 7) is 7.18. The van der Waals surface area contributed by atoms with Crippen LogP contribution in [0.4, 0.5) is 0 Å². The third kappa shape index (κ3) is 5.27. The van der Waals surface area contributed by atoms with E-state index in [2.05, 4.69) is 10.6 Å². The summed E-state index contributed by atoms with van der Waals surface area (Å²) >= 11 is 0. The Hall–Kier alpha value is -2.35. The molecule has 0 saturated carbocycles. The quantitative estimate of drug-likeness (QED) is 0.884.